The molecule has 0 fully saturated rings. The van der Waals surface area contributed by atoms with E-state index in [1.165, 1.54) is 11.1 Å². The number of rotatable bonds is 8. The lowest BCUT2D eigenvalue weighted by molar-refractivity contribution is 0.547. The van der Waals surface area contributed by atoms with E-state index in [-0.39, 0.29) is 6.04 Å². The van der Waals surface area contributed by atoms with Gasteiger partial charge in [0.15, 0.2) is 0 Å². The first kappa shape index (κ1) is 18.7. The van der Waals surface area contributed by atoms with E-state index in [0.717, 1.165) is 19.3 Å². The standard InChI is InChI=1S/C20H27NO2S/c1-16(2)15-19-11-13-20(14-12-19)24(22,23)21-17(3)9-10-18-7-5-4-6-8-18/h4-8,11-14,16-17,21H,9-10,15H2,1-3H3. The third-order valence-electron chi connectivity index (χ3n) is 3.94. The molecule has 2 rings (SSSR count). The minimum Gasteiger partial charge on any atom is -0.208 e. The average Bonchev–Trinajstić information content (AvgIpc) is 2.53. The molecule has 0 bridgehead atoms. The Labute approximate surface area is 146 Å². The maximum absolute atomic E-state index is 12.5. The molecule has 0 amide bonds. The molecule has 3 nitrogen and oxygen atoms in total. The summed E-state index contributed by atoms with van der Waals surface area (Å²) < 4.78 is 27.7. The van der Waals surface area contributed by atoms with E-state index in [0.29, 0.717) is 10.8 Å². The van der Waals surface area contributed by atoms with Gasteiger partial charge >= 0.3 is 0 Å². The predicted octanol–water partition coefficient (Wildman–Crippen LogP) is 4.18. The molecule has 0 saturated carbocycles. The zero-order valence-corrected chi connectivity index (χ0v) is 15.5. The third kappa shape index (κ3) is 5.77. The highest BCUT2D eigenvalue weighted by Crippen LogP contribution is 2.15. The minimum absolute atomic E-state index is 0.106. The fourth-order valence-electron chi connectivity index (χ4n) is 2.70. The Bertz CT molecular complexity index is 722. The van der Waals surface area contributed by atoms with Crippen LogP contribution in [0.3, 0.4) is 0 Å². The topological polar surface area (TPSA) is 46.2 Å². The summed E-state index contributed by atoms with van der Waals surface area (Å²) in [5.74, 6) is 0.559. The van der Waals surface area contributed by atoms with Crippen molar-refractivity contribution in [1.82, 2.24) is 4.72 Å². The monoisotopic (exact) mass is 345 g/mol. The lowest BCUT2D eigenvalue weighted by atomic mass is 10.0. The van der Waals surface area contributed by atoms with Crippen LogP contribution < -0.4 is 4.72 Å². The molecule has 1 atom stereocenters. The highest BCUT2D eigenvalue weighted by molar-refractivity contribution is 7.89. The van der Waals surface area contributed by atoms with Gasteiger partial charge in [-0.1, -0.05) is 56.3 Å². The molecule has 4 heteroatoms. The summed E-state index contributed by atoms with van der Waals surface area (Å²) in [4.78, 5) is 0.335. The van der Waals surface area contributed by atoms with E-state index in [1.807, 2.05) is 37.3 Å². The maximum Gasteiger partial charge on any atom is 0.240 e. The van der Waals surface area contributed by atoms with Gasteiger partial charge < -0.3 is 0 Å². The molecule has 0 aliphatic rings. The van der Waals surface area contributed by atoms with Gasteiger partial charge in [-0.05, 0) is 55.4 Å². The van der Waals surface area contributed by atoms with Crippen LogP contribution in [0, 0.1) is 5.92 Å². The number of nitrogens with one attached hydrogen (secondary N) is 1. The van der Waals surface area contributed by atoms with Gasteiger partial charge in [0.25, 0.3) is 0 Å². The maximum atomic E-state index is 12.5. The second-order valence-electron chi connectivity index (χ2n) is 6.79. The summed E-state index contributed by atoms with van der Waals surface area (Å²) in [6.45, 7) is 6.22. The average molecular weight is 346 g/mol. The predicted molar refractivity (Wildman–Crippen MR) is 99.5 cm³/mol. The van der Waals surface area contributed by atoms with Crippen LogP contribution >= 0.6 is 0 Å². The van der Waals surface area contributed by atoms with Crippen molar-refractivity contribution < 1.29 is 8.42 Å². The van der Waals surface area contributed by atoms with Crippen molar-refractivity contribution in [2.75, 3.05) is 0 Å². The van der Waals surface area contributed by atoms with Crippen molar-refractivity contribution >= 4 is 10.0 Å². The highest BCUT2D eigenvalue weighted by Gasteiger charge is 2.17. The van der Waals surface area contributed by atoms with E-state index >= 15 is 0 Å². The van der Waals surface area contributed by atoms with Crippen molar-refractivity contribution in [3.63, 3.8) is 0 Å². The van der Waals surface area contributed by atoms with Crippen LogP contribution in [-0.4, -0.2) is 14.5 Å². The van der Waals surface area contributed by atoms with Gasteiger partial charge in [-0.15, -0.1) is 0 Å². The molecule has 0 aliphatic heterocycles. The number of aryl methyl sites for hydroxylation is 1. The molecule has 0 radical (unpaired) electrons. The molecule has 1 unspecified atom stereocenters. The van der Waals surface area contributed by atoms with Crippen LogP contribution in [0.4, 0.5) is 0 Å². The minimum atomic E-state index is -3.46. The SMILES string of the molecule is CC(C)Cc1ccc(S(=O)(=O)NC(C)CCc2ccccc2)cc1. The van der Waals surface area contributed by atoms with Crippen molar-refractivity contribution in [3.8, 4) is 0 Å². The molecule has 2 aromatic carbocycles. The summed E-state index contributed by atoms with van der Waals surface area (Å²) >= 11 is 0. The third-order valence-corrected chi connectivity index (χ3v) is 5.55. The molecule has 0 aliphatic carbocycles. The number of hydrogen-bond donors (Lipinski definition) is 1. The van der Waals surface area contributed by atoms with Crippen LogP contribution in [0.25, 0.3) is 0 Å². The summed E-state index contributed by atoms with van der Waals surface area (Å²) in [7, 11) is -3.46. The summed E-state index contributed by atoms with van der Waals surface area (Å²) in [5.41, 5.74) is 2.39. The summed E-state index contributed by atoms with van der Waals surface area (Å²) in [6, 6.07) is 17.2. The van der Waals surface area contributed by atoms with Gasteiger partial charge in [0.05, 0.1) is 4.90 Å². The van der Waals surface area contributed by atoms with Crippen molar-refractivity contribution in [2.45, 2.75) is 51.0 Å². The van der Waals surface area contributed by atoms with Crippen LogP contribution in [0.15, 0.2) is 59.5 Å². The second kappa shape index (κ2) is 8.45. The Morgan fingerprint density at radius 2 is 1.50 bits per heavy atom. The van der Waals surface area contributed by atoms with Crippen LogP contribution in [0.1, 0.15) is 38.3 Å². The highest BCUT2D eigenvalue weighted by atomic mass is 32.2. The number of benzene rings is 2. The Kier molecular flexibility index (Phi) is 6.58. The molecule has 0 spiro atoms. The molecule has 24 heavy (non-hydrogen) atoms. The van der Waals surface area contributed by atoms with E-state index < -0.39 is 10.0 Å². The van der Waals surface area contributed by atoms with Crippen LogP contribution in [0.2, 0.25) is 0 Å². The lowest BCUT2D eigenvalue weighted by Crippen LogP contribution is -2.32. The fraction of sp³-hybridized carbons (Fsp3) is 0.400. The summed E-state index contributed by atoms with van der Waals surface area (Å²) in [6.07, 6.45) is 2.59. The largest absolute Gasteiger partial charge is 0.240 e. The van der Waals surface area contributed by atoms with Gasteiger partial charge in [0.2, 0.25) is 10.0 Å². The first-order chi connectivity index (χ1) is 11.4. The first-order valence-corrected chi connectivity index (χ1v) is 10.0. The Hall–Kier alpha value is -1.65. The number of sulfonamides is 1. The van der Waals surface area contributed by atoms with Gasteiger partial charge in [-0.25, -0.2) is 13.1 Å². The van der Waals surface area contributed by atoms with Crippen LogP contribution in [-0.2, 0) is 22.9 Å². The Balaban J connectivity index is 1.94. The van der Waals surface area contributed by atoms with Crippen molar-refractivity contribution in [3.05, 3.63) is 65.7 Å². The molecule has 0 saturated heterocycles. The molecular weight excluding hydrogens is 318 g/mol. The fourth-order valence-corrected chi connectivity index (χ4v) is 3.97. The summed E-state index contributed by atoms with van der Waals surface area (Å²) in [5, 5.41) is 0. The van der Waals surface area contributed by atoms with Gasteiger partial charge in [-0.3, -0.25) is 0 Å². The van der Waals surface area contributed by atoms with Crippen LogP contribution in [0.5, 0.6) is 0 Å². The Morgan fingerprint density at radius 1 is 0.875 bits per heavy atom. The van der Waals surface area contributed by atoms with Gasteiger partial charge in [0.1, 0.15) is 0 Å². The molecule has 0 heterocycles. The molecule has 1 N–H and O–H groups in total. The van der Waals surface area contributed by atoms with Gasteiger partial charge in [-0.2, -0.15) is 0 Å². The zero-order chi connectivity index (χ0) is 17.6. The quantitative estimate of drug-likeness (QED) is 0.780. The van der Waals surface area contributed by atoms with E-state index in [2.05, 4.69) is 30.7 Å². The second-order valence-corrected chi connectivity index (χ2v) is 8.50. The smallest absolute Gasteiger partial charge is 0.208 e. The Morgan fingerprint density at radius 3 is 2.08 bits per heavy atom. The molecule has 2 aromatic rings. The number of hydrogen-bond acceptors (Lipinski definition) is 2. The molecule has 0 aromatic heterocycles. The zero-order valence-electron chi connectivity index (χ0n) is 14.7. The molecular formula is C20H27NO2S. The van der Waals surface area contributed by atoms with E-state index in [4.69, 9.17) is 0 Å². The van der Waals surface area contributed by atoms with Crippen molar-refractivity contribution in [2.24, 2.45) is 5.92 Å². The van der Waals surface area contributed by atoms with Gasteiger partial charge in [0, 0.05) is 6.04 Å². The lowest BCUT2D eigenvalue weighted by Gasteiger charge is -2.15. The van der Waals surface area contributed by atoms with E-state index in [9.17, 15) is 8.42 Å². The van der Waals surface area contributed by atoms with E-state index in [1.54, 1.807) is 12.1 Å². The first-order valence-electron chi connectivity index (χ1n) is 8.52. The normalized spacial score (nSPS) is 13.2. The molecule has 130 valence electrons. The van der Waals surface area contributed by atoms with Crippen molar-refractivity contribution in [1.29, 1.82) is 0 Å².